The number of carbonyl (C=O) groups excluding carboxylic acids is 1. The van der Waals surface area contributed by atoms with Crippen LogP contribution in [-0.2, 0) is 0 Å². The van der Waals surface area contributed by atoms with Crippen molar-refractivity contribution in [3.05, 3.63) is 28.8 Å². The molecule has 0 spiro atoms. The van der Waals surface area contributed by atoms with Crippen LogP contribution in [-0.4, -0.2) is 43.7 Å². The van der Waals surface area contributed by atoms with Crippen molar-refractivity contribution in [1.29, 1.82) is 0 Å². The van der Waals surface area contributed by atoms with Crippen LogP contribution in [0.25, 0.3) is 0 Å². The second kappa shape index (κ2) is 7.03. The second-order valence-corrected chi connectivity index (χ2v) is 6.42. The molecular weight excluding hydrogens is 286 g/mol. The number of benzene rings is 1. The minimum Gasteiger partial charge on any atom is -0.368 e. The first-order chi connectivity index (χ1) is 9.97. The van der Waals surface area contributed by atoms with Gasteiger partial charge in [-0.2, -0.15) is 0 Å². The third-order valence-corrected chi connectivity index (χ3v) is 3.96. The van der Waals surface area contributed by atoms with Crippen LogP contribution in [0.4, 0.5) is 10.5 Å². The molecule has 1 aromatic carbocycles. The topological polar surface area (TPSA) is 35.6 Å². The summed E-state index contributed by atoms with van der Waals surface area (Å²) in [5, 5.41) is 3.74. The predicted octanol–water partition coefficient (Wildman–Crippen LogP) is 3.14. The molecule has 1 heterocycles. The molecule has 21 heavy (non-hydrogen) atoms. The minimum atomic E-state index is 0.0520. The van der Waals surface area contributed by atoms with Crippen LogP contribution in [0.2, 0.25) is 5.02 Å². The zero-order chi connectivity index (χ0) is 15.4. The standard InChI is InChI=1S/C16H24ClN3O/c1-12(2)11-18-16(21)20-8-6-19(7-9-20)15-5-4-14(17)10-13(15)3/h4-5,10,12H,6-9,11H2,1-3H3,(H,18,21). The van der Waals surface area contributed by atoms with Gasteiger partial charge < -0.3 is 15.1 Å². The molecular formula is C16H24ClN3O. The maximum Gasteiger partial charge on any atom is 0.317 e. The highest BCUT2D eigenvalue weighted by Crippen LogP contribution is 2.24. The minimum absolute atomic E-state index is 0.0520. The SMILES string of the molecule is Cc1cc(Cl)ccc1N1CCN(C(=O)NCC(C)C)CC1. The van der Waals surface area contributed by atoms with E-state index in [1.165, 1.54) is 11.3 Å². The van der Waals surface area contributed by atoms with E-state index in [0.29, 0.717) is 5.92 Å². The number of hydrogen-bond donors (Lipinski definition) is 1. The van der Waals surface area contributed by atoms with Crippen molar-refractivity contribution in [3.8, 4) is 0 Å². The third-order valence-electron chi connectivity index (χ3n) is 3.73. The normalized spacial score (nSPS) is 15.5. The maximum atomic E-state index is 12.0. The lowest BCUT2D eigenvalue weighted by molar-refractivity contribution is 0.193. The fraction of sp³-hybridized carbons (Fsp3) is 0.562. The largest absolute Gasteiger partial charge is 0.368 e. The molecule has 0 radical (unpaired) electrons. The summed E-state index contributed by atoms with van der Waals surface area (Å²) < 4.78 is 0. The molecule has 1 saturated heterocycles. The average molecular weight is 310 g/mol. The lowest BCUT2D eigenvalue weighted by atomic mass is 10.1. The number of hydrogen-bond acceptors (Lipinski definition) is 2. The van der Waals surface area contributed by atoms with Gasteiger partial charge in [0.15, 0.2) is 0 Å². The zero-order valence-corrected chi connectivity index (χ0v) is 13.8. The molecule has 0 aliphatic carbocycles. The van der Waals surface area contributed by atoms with Crippen LogP contribution in [0.3, 0.4) is 0 Å². The molecule has 1 aromatic rings. The van der Waals surface area contributed by atoms with E-state index in [1.54, 1.807) is 0 Å². The summed E-state index contributed by atoms with van der Waals surface area (Å²) >= 11 is 6.00. The first-order valence-corrected chi connectivity index (χ1v) is 7.89. The number of amides is 2. The summed E-state index contributed by atoms with van der Waals surface area (Å²) in [5.74, 6) is 0.479. The van der Waals surface area contributed by atoms with Gasteiger partial charge in [-0.05, 0) is 36.6 Å². The smallest absolute Gasteiger partial charge is 0.317 e. The van der Waals surface area contributed by atoms with Crippen LogP contribution in [0.15, 0.2) is 18.2 Å². The molecule has 2 amide bonds. The molecule has 116 valence electrons. The molecule has 1 aliphatic heterocycles. The van der Waals surface area contributed by atoms with Gasteiger partial charge in [-0.1, -0.05) is 25.4 Å². The van der Waals surface area contributed by atoms with Gasteiger partial charge in [-0.15, -0.1) is 0 Å². The van der Waals surface area contributed by atoms with Crippen molar-refractivity contribution in [2.45, 2.75) is 20.8 Å². The van der Waals surface area contributed by atoms with E-state index < -0.39 is 0 Å². The van der Waals surface area contributed by atoms with Gasteiger partial charge in [0.25, 0.3) is 0 Å². The summed E-state index contributed by atoms with van der Waals surface area (Å²) in [6.07, 6.45) is 0. The molecule has 1 N–H and O–H groups in total. The first-order valence-electron chi connectivity index (χ1n) is 7.51. The van der Waals surface area contributed by atoms with E-state index in [2.05, 4.69) is 37.1 Å². The fourth-order valence-corrected chi connectivity index (χ4v) is 2.75. The van der Waals surface area contributed by atoms with Crippen molar-refractivity contribution in [3.63, 3.8) is 0 Å². The van der Waals surface area contributed by atoms with Crippen LogP contribution in [0.1, 0.15) is 19.4 Å². The number of urea groups is 1. The Labute approximate surface area is 132 Å². The van der Waals surface area contributed by atoms with E-state index in [-0.39, 0.29) is 6.03 Å². The van der Waals surface area contributed by atoms with Crippen molar-refractivity contribution in [2.75, 3.05) is 37.6 Å². The third kappa shape index (κ3) is 4.27. The van der Waals surface area contributed by atoms with E-state index in [0.717, 1.165) is 37.7 Å². The number of halogens is 1. The number of rotatable bonds is 3. The lowest BCUT2D eigenvalue weighted by Crippen LogP contribution is -2.52. The van der Waals surface area contributed by atoms with Crippen molar-refractivity contribution < 1.29 is 4.79 Å². The van der Waals surface area contributed by atoms with Crippen molar-refractivity contribution in [1.82, 2.24) is 10.2 Å². The molecule has 0 bridgehead atoms. The van der Waals surface area contributed by atoms with E-state index >= 15 is 0 Å². The lowest BCUT2D eigenvalue weighted by Gasteiger charge is -2.36. The Bertz CT molecular complexity index is 496. The quantitative estimate of drug-likeness (QED) is 0.931. The molecule has 0 aromatic heterocycles. The predicted molar refractivity (Wildman–Crippen MR) is 88.2 cm³/mol. The number of aryl methyl sites for hydroxylation is 1. The van der Waals surface area contributed by atoms with Gasteiger partial charge in [0.05, 0.1) is 0 Å². The summed E-state index contributed by atoms with van der Waals surface area (Å²) in [5.41, 5.74) is 2.39. The Morgan fingerprint density at radius 1 is 1.29 bits per heavy atom. The average Bonchev–Trinajstić information content (AvgIpc) is 2.45. The Morgan fingerprint density at radius 3 is 2.52 bits per heavy atom. The van der Waals surface area contributed by atoms with E-state index in [9.17, 15) is 4.79 Å². The molecule has 0 atom stereocenters. The van der Waals surface area contributed by atoms with Crippen molar-refractivity contribution in [2.24, 2.45) is 5.92 Å². The highest BCUT2D eigenvalue weighted by molar-refractivity contribution is 6.30. The molecule has 0 saturated carbocycles. The second-order valence-electron chi connectivity index (χ2n) is 5.98. The molecule has 5 heteroatoms. The monoisotopic (exact) mass is 309 g/mol. The highest BCUT2D eigenvalue weighted by Gasteiger charge is 2.21. The maximum absolute atomic E-state index is 12.0. The van der Waals surface area contributed by atoms with Gasteiger partial charge in [-0.3, -0.25) is 0 Å². The van der Waals surface area contributed by atoms with Gasteiger partial charge in [0.2, 0.25) is 0 Å². The number of nitrogens with zero attached hydrogens (tertiary/aromatic N) is 2. The van der Waals surface area contributed by atoms with E-state index in [1.807, 2.05) is 17.0 Å². The van der Waals surface area contributed by atoms with Crippen LogP contribution >= 0.6 is 11.6 Å². The van der Waals surface area contributed by atoms with Crippen LogP contribution in [0.5, 0.6) is 0 Å². The molecule has 2 rings (SSSR count). The van der Waals surface area contributed by atoms with Crippen LogP contribution < -0.4 is 10.2 Å². The number of piperazine rings is 1. The van der Waals surface area contributed by atoms with Crippen molar-refractivity contribution >= 4 is 23.3 Å². The van der Waals surface area contributed by atoms with Gasteiger partial charge in [-0.25, -0.2) is 4.79 Å². The molecule has 1 fully saturated rings. The summed E-state index contributed by atoms with van der Waals surface area (Å²) in [4.78, 5) is 16.2. The first kappa shape index (κ1) is 16.0. The van der Waals surface area contributed by atoms with Gasteiger partial charge in [0, 0.05) is 43.4 Å². The van der Waals surface area contributed by atoms with Gasteiger partial charge >= 0.3 is 6.03 Å². The molecule has 0 unspecified atom stereocenters. The Kier molecular flexibility index (Phi) is 5.34. The molecule has 1 aliphatic rings. The Balaban J connectivity index is 1.89. The Morgan fingerprint density at radius 2 is 1.95 bits per heavy atom. The summed E-state index contributed by atoms with van der Waals surface area (Å²) in [6, 6.07) is 6.02. The zero-order valence-electron chi connectivity index (χ0n) is 13.0. The highest BCUT2D eigenvalue weighted by atomic mass is 35.5. The van der Waals surface area contributed by atoms with E-state index in [4.69, 9.17) is 11.6 Å². The number of nitrogens with one attached hydrogen (secondary N) is 1. The number of carbonyl (C=O) groups is 1. The fourth-order valence-electron chi connectivity index (χ4n) is 2.53. The van der Waals surface area contributed by atoms with Crippen LogP contribution in [0, 0.1) is 12.8 Å². The summed E-state index contributed by atoms with van der Waals surface area (Å²) in [6.45, 7) is 10.2. The Hall–Kier alpha value is -1.42. The molecule has 4 nitrogen and oxygen atoms in total. The summed E-state index contributed by atoms with van der Waals surface area (Å²) in [7, 11) is 0. The van der Waals surface area contributed by atoms with Gasteiger partial charge in [0.1, 0.15) is 0 Å². The number of anilines is 1.